The van der Waals surface area contributed by atoms with Crippen LogP contribution in [-0.4, -0.2) is 44.0 Å². The second-order valence-corrected chi connectivity index (χ2v) is 5.80. The summed E-state index contributed by atoms with van der Waals surface area (Å²) in [7, 11) is 1.99. The molecule has 1 aliphatic heterocycles. The van der Waals surface area contributed by atoms with Gasteiger partial charge in [0.15, 0.2) is 0 Å². The molecular weight excluding hydrogens is 264 g/mol. The molecule has 4 N–H and O–H groups in total. The molecule has 0 aromatic heterocycles. The van der Waals surface area contributed by atoms with Gasteiger partial charge in [-0.05, 0) is 44.5 Å². The summed E-state index contributed by atoms with van der Waals surface area (Å²) in [5, 5.41) is 3.25. The third-order valence-corrected chi connectivity index (χ3v) is 4.20. The lowest BCUT2D eigenvalue weighted by atomic mass is 9.94. The number of rotatable bonds is 6. The van der Waals surface area contributed by atoms with Gasteiger partial charge in [-0.3, -0.25) is 10.2 Å². The Morgan fingerprint density at radius 3 is 2.86 bits per heavy atom. The van der Waals surface area contributed by atoms with Crippen molar-refractivity contribution in [2.24, 2.45) is 11.8 Å². The minimum absolute atomic E-state index is 0.114. The summed E-state index contributed by atoms with van der Waals surface area (Å²) in [5.41, 5.74) is 3.34. The summed E-state index contributed by atoms with van der Waals surface area (Å²) in [5.74, 6) is 5.71. The van der Waals surface area contributed by atoms with Gasteiger partial charge in [0.25, 0.3) is 0 Å². The van der Waals surface area contributed by atoms with Crippen LogP contribution in [0, 0.1) is 5.92 Å². The molecule has 0 saturated carbocycles. The van der Waals surface area contributed by atoms with Crippen molar-refractivity contribution in [3.63, 3.8) is 0 Å². The van der Waals surface area contributed by atoms with E-state index in [4.69, 9.17) is 5.84 Å². The van der Waals surface area contributed by atoms with Crippen LogP contribution in [0.2, 0.25) is 0 Å². The van der Waals surface area contributed by atoms with E-state index in [-0.39, 0.29) is 11.8 Å². The van der Waals surface area contributed by atoms with E-state index in [1.165, 1.54) is 12.8 Å². The fourth-order valence-electron chi connectivity index (χ4n) is 3.16. The monoisotopic (exact) mass is 290 g/mol. The van der Waals surface area contributed by atoms with Crippen LogP contribution in [0.25, 0.3) is 0 Å². The minimum atomic E-state index is -0.204. The lowest BCUT2D eigenvalue weighted by molar-refractivity contribution is -0.123. The first kappa shape index (κ1) is 15.9. The lowest BCUT2D eigenvalue weighted by Crippen LogP contribution is -2.45. The Morgan fingerprint density at radius 1 is 1.43 bits per heavy atom. The molecule has 1 aliphatic rings. The molecule has 2 rings (SSSR count). The van der Waals surface area contributed by atoms with E-state index in [9.17, 15) is 4.79 Å². The number of nitrogens with one attached hydrogen (secondary N) is 2. The number of hydrogen-bond acceptors (Lipinski definition) is 4. The summed E-state index contributed by atoms with van der Waals surface area (Å²) in [6, 6.07) is 9.88. The molecule has 21 heavy (non-hydrogen) atoms. The van der Waals surface area contributed by atoms with Crippen molar-refractivity contribution in [3.05, 3.63) is 35.9 Å². The van der Waals surface area contributed by atoms with Crippen LogP contribution in [0.4, 0.5) is 0 Å². The number of carbonyl (C=O) groups excluding carboxylic acids is 1. The zero-order valence-corrected chi connectivity index (χ0v) is 12.7. The Labute approximate surface area is 126 Å². The summed E-state index contributed by atoms with van der Waals surface area (Å²) >= 11 is 0. The number of amides is 1. The SMILES string of the molecule is CNCC1CCCN(CC(C(=O)NN)c2ccccc2)C1. The van der Waals surface area contributed by atoms with Gasteiger partial charge in [-0.1, -0.05) is 30.3 Å². The van der Waals surface area contributed by atoms with Crippen molar-refractivity contribution in [1.82, 2.24) is 15.6 Å². The van der Waals surface area contributed by atoms with Crippen molar-refractivity contribution in [2.75, 3.05) is 33.2 Å². The maximum absolute atomic E-state index is 12.1. The quantitative estimate of drug-likeness (QED) is 0.410. The highest BCUT2D eigenvalue weighted by molar-refractivity contribution is 5.83. The van der Waals surface area contributed by atoms with E-state index in [1.54, 1.807) is 0 Å². The molecule has 1 heterocycles. The smallest absolute Gasteiger partial charge is 0.242 e. The fraction of sp³-hybridized carbons (Fsp3) is 0.562. The van der Waals surface area contributed by atoms with Crippen LogP contribution in [0.5, 0.6) is 0 Å². The van der Waals surface area contributed by atoms with Gasteiger partial charge in [0.05, 0.1) is 5.92 Å². The minimum Gasteiger partial charge on any atom is -0.319 e. The molecule has 1 amide bonds. The van der Waals surface area contributed by atoms with Crippen LogP contribution < -0.4 is 16.6 Å². The van der Waals surface area contributed by atoms with Gasteiger partial charge in [-0.25, -0.2) is 5.84 Å². The number of hydrogen-bond donors (Lipinski definition) is 3. The third kappa shape index (κ3) is 4.52. The molecule has 2 unspecified atom stereocenters. The highest BCUT2D eigenvalue weighted by Crippen LogP contribution is 2.22. The largest absolute Gasteiger partial charge is 0.319 e. The molecule has 0 radical (unpaired) electrons. The normalized spacial score (nSPS) is 21.0. The number of nitrogens with two attached hydrogens (primary N) is 1. The molecule has 2 atom stereocenters. The van der Waals surface area contributed by atoms with E-state index in [0.717, 1.165) is 31.7 Å². The van der Waals surface area contributed by atoms with Gasteiger partial charge < -0.3 is 10.2 Å². The third-order valence-electron chi connectivity index (χ3n) is 4.20. The number of benzene rings is 1. The molecule has 1 saturated heterocycles. The van der Waals surface area contributed by atoms with Crippen molar-refractivity contribution in [3.8, 4) is 0 Å². The van der Waals surface area contributed by atoms with Crippen molar-refractivity contribution >= 4 is 5.91 Å². The second kappa shape index (κ2) is 8.12. The number of nitrogens with zero attached hydrogens (tertiary/aromatic N) is 1. The Kier molecular flexibility index (Phi) is 6.17. The number of carbonyl (C=O) groups is 1. The summed E-state index contributed by atoms with van der Waals surface area (Å²) in [4.78, 5) is 14.5. The van der Waals surface area contributed by atoms with Crippen molar-refractivity contribution in [2.45, 2.75) is 18.8 Å². The first-order valence-corrected chi connectivity index (χ1v) is 7.67. The van der Waals surface area contributed by atoms with E-state index >= 15 is 0 Å². The van der Waals surface area contributed by atoms with Gasteiger partial charge in [0, 0.05) is 13.1 Å². The van der Waals surface area contributed by atoms with Gasteiger partial charge in [-0.2, -0.15) is 0 Å². The predicted octanol–water partition coefficient (Wildman–Crippen LogP) is 0.692. The van der Waals surface area contributed by atoms with E-state index in [1.807, 2.05) is 37.4 Å². The van der Waals surface area contributed by atoms with E-state index in [2.05, 4.69) is 15.6 Å². The van der Waals surface area contributed by atoms with Gasteiger partial charge >= 0.3 is 0 Å². The van der Waals surface area contributed by atoms with Crippen molar-refractivity contribution < 1.29 is 4.79 Å². The molecule has 1 aromatic carbocycles. The van der Waals surface area contributed by atoms with E-state index in [0.29, 0.717) is 5.92 Å². The summed E-state index contributed by atoms with van der Waals surface area (Å²) in [6.45, 7) is 3.87. The molecule has 0 bridgehead atoms. The number of hydrazine groups is 1. The van der Waals surface area contributed by atoms with Crippen LogP contribution in [0.1, 0.15) is 24.3 Å². The van der Waals surface area contributed by atoms with Gasteiger partial charge in [-0.15, -0.1) is 0 Å². The molecule has 0 aliphatic carbocycles. The number of likely N-dealkylation sites (tertiary alicyclic amines) is 1. The average molecular weight is 290 g/mol. The maximum atomic E-state index is 12.1. The Bertz CT molecular complexity index is 435. The molecule has 1 aromatic rings. The Balaban J connectivity index is 2.03. The predicted molar refractivity (Wildman–Crippen MR) is 84.6 cm³/mol. The maximum Gasteiger partial charge on any atom is 0.242 e. The molecule has 116 valence electrons. The summed E-state index contributed by atoms with van der Waals surface area (Å²) in [6.07, 6.45) is 2.45. The lowest BCUT2D eigenvalue weighted by Gasteiger charge is -2.34. The van der Waals surface area contributed by atoms with Crippen LogP contribution in [-0.2, 0) is 4.79 Å². The van der Waals surface area contributed by atoms with Gasteiger partial charge in [0.1, 0.15) is 0 Å². The van der Waals surface area contributed by atoms with E-state index < -0.39 is 0 Å². The Morgan fingerprint density at radius 2 is 2.19 bits per heavy atom. The molecule has 5 heteroatoms. The standard InChI is InChI=1S/C16H26N4O/c1-18-10-13-6-5-9-20(11-13)12-15(16(21)19-17)14-7-3-2-4-8-14/h2-4,7-8,13,15,18H,5-6,9-12,17H2,1H3,(H,19,21). The van der Waals surface area contributed by atoms with Crippen LogP contribution in [0.3, 0.4) is 0 Å². The molecular formula is C16H26N4O. The highest BCUT2D eigenvalue weighted by Gasteiger charge is 2.26. The first-order chi connectivity index (χ1) is 10.2. The first-order valence-electron chi connectivity index (χ1n) is 7.67. The van der Waals surface area contributed by atoms with Crippen LogP contribution >= 0.6 is 0 Å². The zero-order chi connectivity index (χ0) is 15.1. The highest BCUT2D eigenvalue weighted by atomic mass is 16.2. The number of piperidine rings is 1. The summed E-state index contributed by atoms with van der Waals surface area (Å²) < 4.78 is 0. The van der Waals surface area contributed by atoms with Crippen LogP contribution in [0.15, 0.2) is 30.3 Å². The second-order valence-electron chi connectivity index (χ2n) is 5.80. The molecule has 1 fully saturated rings. The Hall–Kier alpha value is -1.43. The topological polar surface area (TPSA) is 70.4 Å². The average Bonchev–Trinajstić information content (AvgIpc) is 2.53. The van der Waals surface area contributed by atoms with Gasteiger partial charge in [0.2, 0.25) is 5.91 Å². The molecule has 0 spiro atoms. The van der Waals surface area contributed by atoms with Crippen molar-refractivity contribution in [1.29, 1.82) is 0 Å². The zero-order valence-electron chi connectivity index (χ0n) is 12.7. The molecule has 5 nitrogen and oxygen atoms in total. The fourth-order valence-corrected chi connectivity index (χ4v) is 3.16.